The molecule has 0 aliphatic heterocycles. The van der Waals surface area contributed by atoms with Gasteiger partial charge in [0.15, 0.2) is 0 Å². The molecule has 1 aromatic rings. The first-order chi connectivity index (χ1) is 15.5. The molecule has 1 saturated carbocycles. The van der Waals surface area contributed by atoms with E-state index in [4.69, 9.17) is 9.47 Å². The van der Waals surface area contributed by atoms with Crippen molar-refractivity contribution in [2.24, 2.45) is 5.92 Å². The number of carbonyl (C=O) groups is 2. The summed E-state index contributed by atoms with van der Waals surface area (Å²) in [7, 11) is 0. The van der Waals surface area contributed by atoms with E-state index in [0.29, 0.717) is 18.4 Å². The Morgan fingerprint density at radius 3 is 2.64 bits per heavy atom. The Balaban J connectivity index is 1.93. The summed E-state index contributed by atoms with van der Waals surface area (Å²) in [6, 6.07) is 3.01. The normalized spacial score (nSPS) is 24.8. The molecular weight excluding hydrogens is 421 g/mol. The molecule has 33 heavy (non-hydrogen) atoms. The molecule has 0 heterocycles. The minimum atomic E-state index is -0.592. The average Bonchev–Trinajstić information content (AvgIpc) is 2.69. The molecule has 1 fully saturated rings. The Morgan fingerprint density at radius 2 is 1.94 bits per heavy atom. The molecule has 1 N–H and O–H groups in total. The summed E-state index contributed by atoms with van der Waals surface area (Å²) in [5.74, 6) is -0.267. The van der Waals surface area contributed by atoms with Crippen LogP contribution in [0.25, 0.3) is 0 Å². The van der Waals surface area contributed by atoms with Crippen molar-refractivity contribution in [3.05, 3.63) is 29.1 Å². The number of hydrogen-bond acceptors (Lipinski definition) is 4. The summed E-state index contributed by atoms with van der Waals surface area (Å²) in [6.07, 6.45) is 8.14. The molecule has 2 aliphatic carbocycles. The fraction of sp³-hybridized carbons (Fsp3) is 0.704. The molecule has 3 atom stereocenters. The van der Waals surface area contributed by atoms with Gasteiger partial charge in [0.2, 0.25) is 0 Å². The number of unbranched alkanes of at least 4 members (excludes halogenated alkanes) is 2. The lowest BCUT2D eigenvalue weighted by Crippen LogP contribution is -2.57. The maximum atomic E-state index is 15.3. The Hall–Kier alpha value is -2.11. The minimum absolute atomic E-state index is 0.132. The minimum Gasteiger partial charge on any atom is -0.444 e. The number of amides is 1. The molecule has 2 bridgehead atoms. The van der Waals surface area contributed by atoms with Gasteiger partial charge in [-0.25, -0.2) is 9.18 Å². The van der Waals surface area contributed by atoms with Crippen molar-refractivity contribution in [2.45, 2.75) is 116 Å². The zero-order chi connectivity index (χ0) is 24.2. The number of hydrogen-bond donors (Lipinski definition) is 1. The number of benzene rings is 1. The topological polar surface area (TPSA) is 64.6 Å². The zero-order valence-electron chi connectivity index (χ0n) is 20.9. The number of rotatable bonds is 6. The fourth-order valence-corrected chi connectivity index (χ4v) is 5.50. The van der Waals surface area contributed by atoms with E-state index in [1.165, 1.54) is 6.07 Å². The molecule has 6 heteroatoms. The van der Waals surface area contributed by atoms with Crippen molar-refractivity contribution < 1.29 is 23.5 Å². The number of carbonyl (C=O) groups excluding carboxylic acids is 2. The molecule has 3 rings (SSSR count). The lowest BCUT2D eigenvalue weighted by molar-refractivity contribution is -0.134. The summed E-state index contributed by atoms with van der Waals surface area (Å²) in [6.45, 7) is 9.73. The number of esters is 1. The molecule has 5 nitrogen and oxygen atoms in total. The summed E-state index contributed by atoms with van der Waals surface area (Å²) >= 11 is 0. The highest BCUT2D eigenvalue weighted by molar-refractivity contribution is 5.72. The second-order valence-corrected chi connectivity index (χ2v) is 11.0. The van der Waals surface area contributed by atoms with Gasteiger partial charge in [-0.1, -0.05) is 46.0 Å². The molecule has 184 valence electrons. The van der Waals surface area contributed by atoms with Crippen LogP contribution in [0.1, 0.15) is 104 Å². The molecular formula is C27H40FNO4. The zero-order valence-corrected chi connectivity index (χ0v) is 20.9. The highest BCUT2D eigenvalue weighted by Gasteiger charge is 2.48. The maximum absolute atomic E-state index is 15.3. The Kier molecular flexibility index (Phi) is 8.07. The van der Waals surface area contributed by atoms with Crippen LogP contribution in [0.2, 0.25) is 0 Å². The SMILES string of the molecule is CCCCCC(=O)Oc1cc(F)c2c(c1)[C@@]1(C)CCCCC[C@@H](C2)[C@@H]1NC(=O)OC(C)(C)C. The van der Waals surface area contributed by atoms with E-state index in [9.17, 15) is 9.59 Å². The van der Waals surface area contributed by atoms with Crippen LogP contribution >= 0.6 is 0 Å². The third-order valence-corrected chi connectivity index (χ3v) is 7.07. The van der Waals surface area contributed by atoms with Gasteiger partial charge in [0, 0.05) is 23.9 Å². The first kappa shape index (κ1) is 25.5. The first-order valence-electron chi connectivity index (χ1n) is 12.6. The molecule has 2 aliphatic rings. The predicted molar refractivity (Wildman–Crippen MR) is 127 cm³/mol. The van der Waals surface area contributed by atoms with Gasteiger partial charge >= 0.3 is 12.1 Å². The molecule has 1 amide bonds. The van der Waals surface area contributed by atoms with E-state index in [1.807, 2.05) is 26.8 Å². The first-order valence-corrected chi connectivity index (χ1v) is 12.6. The van der Waals surface area contributed by atoms with Gasteiger partial charge < -0.3 is 14.8 Å². The van der Waals surface area contributed by atoms with Gasteiger partial charge in [-0.15, -0.1) is 0 Å². The third kappa shape index (κ3) is 6.27. The number of alkyl carbamates (subject to hydrolysis) is 1. The van der Waals surface area contributed by atoms with E-state index < -0.39 is 17.1 Å². The molecule has 0 radical (unpaired) electrons. The van der Waals surface area contributed by atoms with Crippen LogP contribution in [-0.2, 0) is 21.4 Å². The highest BCUT2D eigenvalue weighted by Crippen LogP contribution is 2.48. The van der Waals surface area contributed by atoms with Crippen LogP contribution in [0, 0.1) is 11.7 Å². The highest BCUT2D eigenvalue weighted by atomic mass is 19.1. The van der Waals surface area contributed by atoms with Crippen molar-refractivity contribution in [2.75, 3.05) is 0 Å². The standard InChI is InChI=1S/C27H40FNO4/c1-6-7-9-13-23(30)32-19-16-21-20(22(28)17-19)15-18-12-10-8-11-14-27(21,5)24(18)29-25(31)33-26(2,3)4/h16-18,24H,6-15H2,1-5H3,(H,29,31)/t18-,24-,27+/m0/s1. The third-order valence-electron chi connectivity index (χ3n) is 7.07. The Bertz CT molecular complexity index is 862. The largest absolute Gasteiger partial charge is 0.444 e. The van der Waals surface area contributed by atoms with Gasteiger partial charge in [-0.2, -0.15) is 0 Å². The fourth-order valence-electron chi connectivity index (χ4n) is 5.50. The van der Waals surface area contributed by atoms with Crippen LogP contribution in [0.15, 0.2) is 12.1 Å². The summed E-state index contributed by atoms with van der Waals surface area (Å²) < 4.78 is 26.4. The van der Waals surface area contributed by atoms with Crippen LogP contribution in [0.5, 0.6) is 5.75 Å². The molecule has 0 aromatic heterocycles. The van der Waals surface area contributed by atoms with Gasteiger partial charge in [-0.05, 0) is 69.6 Å². The van der Waals surface area contributed by atoms with Gasteiger partial charge in [0.25, 0.3) is 0 Å². The van der Waals surface area contributed by atoms with Crippen LogP contribution in [0.4, 0.5) is 9.18 Å². The van der Waals surface area contributed by atoms with Crippen LogP contribution in [-0.4, -0.2) is 23.7 Å². The van der Waals surface area contributed by atoms with Crippen molar-refractivity contribution in [3.8, 4) is 5.75 Å². The molecule has 1 aromatic carbocycles. The Morgan fingerprint density at radius 1 is 1.18 bits per heavy atom. The van der Waals surface area contributed by atoms with E-state index in [0.717, 1.165) is 56.9 Å². The second-order valence-electron chi connectivity index (χ2n) is 11.0. The predicted octanol–water partition coefficient (Wildman–Crippen LogP) is 6.60. The smallest absolute Gasteiger partial charge is 0.407 e. The number of ether oxygens (including phenoxy) is 2. The van der Waals surface area contributed by atoms with Crippen LogP contribution in [0.3, 0.4) is 0 Å². The second kappa shape index (κ2) is 10.4. The summed E-state index contributed by atoms with van der Waals surface area (Å²) in [5.41, 5.74) is 0.474. The molecule has 0 unspecified atom stereocenters. The van der Waals surface area contributed by atoms with E-state index in [2.05, 4.69) is 19.2 Å². The molecule has 0 spiro atoms. The van der Waals surface area contributed by atoms with Gasteiger partial charge in [-0.3, -0.25) is 4.79 Å². The quantitative estimate of drug-likeness (QED) is 0.294. The number of nitrogens with one attached hydrogen (secondary N) is 1. The monoisotopic (exact) mass is 461 g/mol. The lowest BCUT2D eigenvalue weighted by atomic mass is 9.59. The number of fused-ring (bicyclic) bond motifs is 4. The Labute approximate surface area is 197 Å². The number of halogens is 1. The van der Waals surface area contributed by atoms with Crippen molar-refractivity contribution >= 4 is 12.1 Å². The maximum Gasteiger partial charge on any atom is 0.407 e. The molecule has 0 saturated heterocycles. The van der Waals surface area contributed by atoms with Crippen molar-refractivity contribution in [1.82, 2.24) is 5.32 Å². The van der Waals surface area contributed by atoms with Gasteiger partial charge in [0.05, 0.1) is 0 Å². The van der Waals surface area contributed by atoms with E-state index >= 15 is 4.39 Å². The van der Waals surface area contributed by atoms with E-state index in [1.54, 1.807) is 0 Å². The summed E-state index contributed by atoms with van der Waals surface area (Å²) in [4.78, 5) is 25.0. The van der Waals surface area contributed by atoms with Gasteiger partial charge in [0.1, 0.15) is 17.2 Å². The van der Waals surface area contributed by atoms with E-state index in [-0.39, 0.29) is 29.5 Å². The lowest BCUT2D eigenvalue weighted by Gasteiger charge is -2.49. The van der Waals surface area contributed by atoms with Crippen molar-refractivity contribution in [1.29, 1.82) is 0 Å². The summed E-state index contributed by atoms with van der Waals surface area (Å²) in [5, 5.41) is 3.15. The average molecular weight is 462 g/mol. The van der Waals surface area contributed by atoms with Crippen molar-refractivity contribution in [3.63, 3.8) is 0 Å². The van der Waals surface area contributed by atoms with Crippen LogP contribution < -0.4 is 10.1 Å².